The third-order valence-corrected chi connectivity index (χ3v) is 5.44. The zero-order chi connectivity index (χ0) is 12.8. The first-order chi connectivity index (χ1) is 8.79. The first-order valence-corrected chi connectivity index (χ1v) is 8.60. The Balaban J connectivity index is 1.63. The van der Waals surface area contributed by atoms with E-state index in [0.29, 0.717) is 6.04 Å². The van der Waals surface area contributed by atoms with Gasteiger partial charge in [-0.05, 0) is 44.5 Å². The number of β-amino-alcohol motifs (C(OH)–C–C–N with tert-alkyl or cyclic N) is 1. The molecule has 2 aliphatic rings. The molecule has 3 unspecified atom stereocenters. The van der Waals surface area contributed by atoms with Gasteiger partial charge in [0.1, 0.15) is 0 Å². The number of thioether (sulfide) groups is 1. The number of aliphatic hydroxyl groups is 1. The van der Waals surface area contributed by atoms with Crippen molar-refractivity contribution in [3.8, 4) is 0 Å². The van der Waals surface area contributed by atoms with Gasteiger partial charge in [-0.2, -0.15) is 11.8 Å². The molecule has 1 saturated carbocycles. The van der Waals surface area contributed by atoms with Gasteiger partial charge in [-0.3, -0.25) is 0 Å². The SMILES string of the molecule is CCSC1CCCC1NCC(O)CN1CCCC1. The van der Waals surface area contributed by atoms with E-state index in [1.807, 2.05) is 0 Å². The van der Waals surface area contributed by atoms with Crippen molar-refractivity contribution in [3.05, 3.63) is 0 Å². The molecule has 0 bridgehead atoms. The Morgan fingerprint density at radius 2 is 2.06 bits per heavy atom. The van der Waals surface area contributed by atoms with Crippen LogP contribution < -0.4 is 5.32 Å². The highest BCUT2D eigenvalue weighted by molar-refractivity contribution is 7.99. The van der Waals surface area contributed by atoms with Crippen LogP contribution >= 0.6 is 11.8 Å². The normalized spacial score (nSPS) is 31.0. The van der Waals surface area contributed by atoms with Gasteiger partial charge in [-0.25, -0.2) is 0 Å². The monoisotopic (exact) mass is 272 g/mol. The second-order valence-electron chi connectivity index (χ2n) is 5.60. The second kappa shape index (κ2) is 7.73. The van der Waals surface area contributed by atoms with Gasteiger partial charge in [0, 0.05) is 24.4 Å². The van der Waals surface area contributed by atoms with Crippen LogP contribution in [0.4, 0.5) is 0 Å². The van der Waals surface area contributed by atoms with E-state index in [1.54, 1.807) is 0 Å². The molecule has 1 heterocycles. The molecule has 0 spiro atoms. The van der Waals surface area contributed by atoms with Gasteiger partial charge < -0.3 is 15.3 Å². The van der Waals surface area contributed by atoms with Crippen molar-refractivity contribution >= 4 is 11.8 Å². The summed E-state index contributed by atoms with van der Waals surface area (Å²) >= 11 is 2.08. The molecule has 0 aromatic carbocycles. The molecule has 3 nitrogen and oxygen atoms in total. The Morgan fingerprint density at radius 1 is 1.28 bits per heavy atom. The number of hydrogen-bond acceptors (Lipinski definition) is 4. The molecule has 1 aliphatic carbocycles. The predicted octanol–water partition coefficient (Wildman–Crippen LogP) is 1.71. The van der Waals surface area contributed by atoms with E-state index in [-0.39, 0.29) is 6.10 Å². The smallest absolute Gasteiger partial charge is 0.0791 e. The van der Waals surface area contributed by atoms with Gasteiger partial charge in [0.25, 0.3) is 0 Å². The van der Waals surface area contributed by atoms with Gasteiger partial charge >= 0.3 is 0 Å². The predicted molar refractivity (Wildman–Crippen MR) is 79.2 cm³/mol. The standard InChI is InChI=1S/C14H28N2OS/c1-2-18-14-7-5-6-13(14)15-10-12(17)11-16-8-3-4-9-16/h12-15,17H,2-11H2,1H3. The average Bonchev–Trinajstić information content (AvgIpc) is 2.99. The molecule has 4 heteroatoms. The Bertz CT molecular complexity index is 234. The van der Waals surface area contributed by atoms with Crippen molar-refractivity contribution in [2.45, 2.75) is 56.4 Å². The Hall–Kier alpha value is 0.230. The average molecular weight is 272 g/mol. The minimum atomic E-state index is -0.198. The van der Waals surface area contributed by atoms with Crippen molar-refractivity contribution in [3.63, 3.8) is 0 Å². The number of aliphatic hydroxyl groups excluding tert-OH is 1. The molecule has 1 saturated heterocycles. The van der Waals surface area contributed by atoms with Crippen LogP contribution in [0.5, 0.6) is 0 Å². The topological polar surface area (TPSA) is 35.5 Å². The molecular weight excluding hydrogens is 244 g/mol. The fourth-order valence-corrected chi connectivity index (χ4v) is 4.41. The van der Waals surface area contributed by atoms with Crippen LogP contribution in [-0.4, -0.2) is 59.3 Å². The van der Waals surface area contributed by atoms with Crippen LogP contribution in [-0.2, 0) is 0 Å². The third-order valence-electron chi connectivity index (χ3n) is 4.12. The van der Waals surface area contributed by atoms with E-state index in [4.69, 9.17) is 0 Å². The van der Waals surface area contributed by atoms with E-state index in [0.717, 1.165) is 18.3 Å². The van der Waals surface area contributed by atoms with Crippen molar-refractivity contribution in [1.29, 1.82) is 0 Å². The molecule has 0 aromatic rings. The van der Waals surface area contributed by atoms with Crippen molar-refractivity contribution in [2.75, 3.05) is 31.9 Å². The van der Waals surface area contributed by atoms with E-state index in [2.05, 4.69) is 28.9 Å². The van der Waals surface area contributed by atoms with Gasteiger partial charge in [-0.15, -0.1) is 0 Å². The summed E-state index contributed by atoms with van der Waals surface area (Å²) < 4.78 is 0. The van der Waals surface area contributed by atoms with Crippen LogP contribution in [0.25, 0.3) is 0 Å². The molecule has 2 fully saturated rings. The fourth-order valence-electron chi connectivity index (χ4n) is 3.19. The Morgan fingerprint density at radius 3 is 2.78 bits per heavy atom. The maximum absolute atomic E-state index is 10.1. The molecule has 0 amide bonds. The Labute approximate surface area is 116 Å². The lowest BCUT2D eigenvalue weighted by Gasteiger charge is -2.24. The van der Waals surface area contributed by atoms with Crippen LogP contribution in [0.1, 0.15) is 39.0 Å². The first-order valence-electron chi connectivity index (χ1n) is 7.55. The third kappa shape index (κ3) is 4.41. The minimum absolute atomic E-state index is 0.198. The molecule has 106 valence electrons. The highest BCUT2D eigenvalue weighted by Gasteiger charge is 2.27. The lowest BCUT2D eigenvalue weighted by molar-refractivity contribution is 0.120. The van der Waals surface area contributed by atoms with Crippen molar-refractivity contribution in [1.82, 2.24) is 10.2 Å². The van der Waals surface area contributed by atoms with Gasteiger partial charge in [0.05, 0.1) is 6.10 Å². The molecule has 1 aliphatic heterocycles. The summed E-state index contributed by atoms with van der Waals surface area (Å²) in [4.78, 5) is 2.39. The highest BCUT2D eigenvalue weighted by atomic mass is 32.2. The molecule has 0 radical (unpaired) electrons. The molecule has 2 N–H and O–H groups in total. The van der Waals surface area contributed by atoms with Crippen LogP contribution in [0.2, 0.25) is 0 Å². The lowest BCUT2D eigenvalue weighted by Crippen LogP contribution is -2.43. The maximum atomic E-state index is 10.1. The number of nitrogens with zero attached hydrogens (tertiary/aromatic N) is 1. The quantitative estimate of drug-likeness (QED) is 0.739. The minimum Gasteiger partial charge on any atom is -0.390 e. The van der Waals surface area contributed by atoms with Crippen LogP contribution in [0.3, 0.4) is 0 Å². The molecule has 18 heavy (non-hydrogen) atoms. The van der Waals surface area contributed by atoms with Crippen molar-refractivity contribution < 1.29 is 5.11 Å². The van der Waals surface area contributed by atoms with Crippen LogP contribution in [0, 0.1) is 0 Å². The first kappa shape index (κ1) is 14.6. The van der Waals surface area contributed by atoms with E-state index >= 15 is 0 Å². The van der Waals surface area contributed by atoms with E-state index in [1.165, 1.54) is 50.9 Å². The summed E-state index contributed by atoms with van der Waals surface area (Å²) in [6.45, 7) is 6.21. The van der Waals surface area contributed by atoms with E-state index in [9.17, 15) is 5.11 Å². The summed E-state index contributed by atoms with van der Waals surface area (Å²) in [7, 11) is 0. The summed E-state index contributed by atoms with van der Waals surface area (Å²) in [5.41, 5.74) is 0. The molecule has 0 aromatic heterocycles. The zero-order valence-corrected chi connectivity index (χ0v) is 12.4. The van der Waals surface area contributed by atoms with Crippen LogP contribution in [0.15, 0.2) is 0 Å². The number of rotatable bonds is 7. The Kier molecular flexibility index (Phi) is 6.29. The number of nitrogens with one attached hydrogen (secondary N) is 1. The number of hydrogen-bond donors (Lipinski definition) is 2. The second-order valence-corrected chi connectivity index (χ2v) is 7.12. The zero-order valence-electron chi connectivity index (χ0n) is 11.6. The molecular formula is C14H28N2OS. The van der Waals surface area contributed by atoms with Crippen molar-refractivity contribution in [2.24, 2.45) is 0 Å². The largest absolute Gasteiger partial charge is 0.390 e. The lowest BCUT2D eigenvalue weighted by atomic mass is 10.2. The van der Waals surface area contributed by atoms with Gasteiger partial charge in [0.15, 0.2) is 0 Å². The highest BCUT2D eigenvalue weighted by Crippen LogP contribution is 2.29. The summed E-state index contributed by atoms with van der Waals surface area (Å²) in [6, 6.07) is 0.628. The summed E-state index contributed by atoms with van der Waals surface area (Å²) in [5.74, 6) is 1.21. The maximum Gasteiger partial charge on any atom is 0.0791 e. The fraction of sp³-hybridized carbons (Fsp3) is 1.00. The molecule has 3 atom stereocenters. The van der Waals surface area contributed by atoms with Gasteiger partial charge in [0.2, 0.25) is 0 Å². The van der Waals surface area contributed by atoms with E-state index < -0.39 is 0 Å². The molecule has 2 rings (SSSR count). The van der Waals surface area contributed by atoms with Gasteiger partial charge in [-0.1, -0.05) is 13.3 Å². The number of likely N-dealkylation sites (tertiary alicyclic amines) is 1. The summed E-state index contributed by atoms with van der Waals surface area (Å²) in [6.07, 6.45) is 6.39. The summed E-state index contributed by atoms with van der Waals surface area (Å²) in [5, 5.41) is 14.4.